The van der Waals surface area contributed by atoms with Crippen molar-refractivity contribution < 1.29 is 27.4 Å². The molecular formula is C23H30N2O6S. The molecule has 0 spiro atoms. The van der Waals surface area contributed by atoms with E-state index >= 15 is 0 Å². The van der Waals surface area contributed by atoms with Gasteiger partial charge >= 0.3 is 0 Å². The highest BCUT2D eigenvalue weighted by molar-refractivity contribution is 7.89. The number of nitrogens with zero attached hydrogens (tertiary/aromatic N) is 1. The summed E-state index contributed by atoms with van der Waals surface area (Å²) in [6.07, 6.45) is 1.46. The number of aryl methyl sites for hydroxylation is 1. The summed E-state index contributed by atoms with van der Waals surface area (Å²) in [5.41, 5.74) is 1.27. The second-order valence-corrected chi connectivity index (χ2v) is 9.22. The first-order valence-electron chi connectivity index (χ1n) is 10.7. The average Bonchev–Trinajstić information content (AvgIpc) is 2.83. The van der Waals surface area contributed by atoms with Crippen molar-refractivity contribution in [1.82, 2.24) is 9.62 Å². The molecule has 0 bridgehead atoms. The summed E-state index contributed by atoms with van der Waals surface area (Å²) >= 11 is 0. The molecule has 3 rings (SSSR count). The van der Waals surface area contributed by atoms with Gasteiger partial charge in [-0.25, -0.2) is 8.42 Å². The maximum absolute atomic E-state index is 13.0. The molecule has 32 heavy (non-hydrogen) atoms. The molecule has 0 saturated carbocycles. The number of rotatable bonds is 10. The molecule has 0 aromatic heterocycles. The topological polar surface area (TPSA) is 94.2 Å². The van der Waals surface area contributed by atoms with Gasteiger partial charge in [0.15, 0.2) is 0 Å². The molecule has 8 nitrogen and oxygen atoms in total. The Balaban J connectivity index is 1.66. The van der Waals surface area contributed by atoms with E-state index in [4.69, 9.17) is 14.2 Å². The van der Waals surface area contributed by atoms with E-state index in [2.05, 4.69) is 5.32 Å². The zero-order valence-electron chi connectivity index (χ0n) is 18.5. The molecule has 1 fully saturated rings. The van der Waals surface area contributed by atoms with E-state index < -0.39 is 10.0 Å². The van der Waals surface area contributed by atoms with Crippen LogP contribution >= 0.6 is 0 Å². The summed E-state index contributed by atoms with van der Waals surface area (Å²) in [6, 6.07) is 12.2. The molecule has 174 valence electrons. The number of morpholine rings is 1. The lowest BCUT2D eigenvalue weighted by atomic mass is 10.1. The third kappa shape index (κ3) is 5.79. The Bertz CT molecular complexity index is 1020. The van der Waals surface area contributed by atoms with Crippen LogP contribution in [0.15, 0.2) is 47.4 Å². The maximum Gasteiger partial charge on any atom is 0.255 e. The molecule has 1 amide bonds. The first-order chi connectivity index (χ1) is 15.5. The zero-order valence-corrected chi connectivity index (χ0v) is 19.3. The van der Waals surface area contributed by atoms with Crippen LogP contribution < -0.4 is 14.8 Å². The molecule has 0 unspecified atom stereocenters. The van der Waals surface area contributed by atoms with Gasteiger partial charge < -0.3 is 19.5 Å². The van der Waals surface area contributed by atoms with Gasteiger partial charge in [0.2, 0.25) is 10.0 Å². The number of ether oxygens (including phenoxy) is 3. The van der Waals surface area contributed by atoms with Gasteiger partial charge in [-0.1, -0.05) is 18.2 Å². The quantitative estimate of drug-likeness (QED) is 0.545. The number of amides is 1. The second-order valence-electron chi connectivity index (χ2n) is 7.28. The predicted octanol–water partition coefficient (Wildman–Crippen LogP) is 2.48. The smallest absolute Gasteiger partial charge is 0.255 e. The van der Waals surface area contributed by atoms with Crippen molar-refractivity contribution in [3.05, 3.63) is 53.6 Å². The van der Waals surface area contributed by atoms with Crippen molar-refractivity contribution in [3.8, 4) is 11.5 Å². The van der Waals surface area contributed by atoms with Gasteiger partial charge in [0.05, 0.1) is 37.4 Å². The molecular weight excluding hydrogens is 432 g/mol. The van der Waals surface area contributed by atoms with Gasteiger partial charge in [0.25, 0.3) is 5.91 Å². The SMILES string of the molecule is CCOc1ccccc1CCCNC(=O)c1cc(S(=O)(=O)N2CCOCC2)ccc1OC. The van der Waals surface area contributed by atoms with E-state index in [0.29, 0.717) is 51.6 Å². The van der Waals surface area contributed by atoms with Crippen LogP contribution in [-0.2, 0) is 21.2 Å². The van der Waals surface area contributed by atoms with E-state index in [9.17, 15) is 13.2 Å². The molecule has 1 aliphatic rings. The highest BCUT2D eigenvalue weighted by atomic mass is 32.2. The van der Waals surface area contributed by atoms with Gasteiger partial charge in [-0.15, -0.1) is 0 Å². The summed E-state index contributed by atoms with van der Waals surface area (Å²) < 4.78 is 43.4. The van der Waals surface area contributed by atoms with Crippen LogP contribution in [0.4, 0.5) is 0 Å². The molecule has 2 aromatic carbocycles. The predicted molar refractivity (Wildman–Crippen MR) is 121 cm³/mol. The molecule has 1 heterocycles. The molecule has 1 aliphatic heterocycles. The van der Waals surface area contributed by atoms with Crippen LogP contribution in [0.2, 0.25) is 0 Å². The van der Waals surface area contributed by atoms with Gasteiger partial charge in [-0.2, -0.15) is 4.31 Å². The fourth-order valence-corrected chi connectivity index (χ4v) is 4.98. The lowest BCUT2D eigenvalue weighted by Gasteiger charge is -2.26. The minimum absolute atomic E-state index is 0.0657. The third-order valence-electron chi connectivity index (χ3n) is 5.20. The molecule has 0 atom stereocenters. The van der Waals surface area contributed by atoms with Crippen LogP contribution in [0.25, 0.3) is 0 Å². The Kier molecular flexibility index (Phi) is 8.49. The summed E-state index contributed by atoms with van der Waals surface area (Å²) in [5, 5.41) is 2.87. The summed E-state index contributed by atoms with van der Waals surface area (Å²) in [4.78, 5) is 12.9. The number of benzene rings is 2. The third-order valence-corrected chi connectivity index (χ3v) is 7.10. The van der Waals surface area contributed by atoms with Crippen molar-refractivity contribution in [1.29, 1.82) is 0 Å². The van der Waals surface area contributed by atoms with Crippen molar-refractivity contribution in [3.63, 3.8) is 0 Å². The van der Waals surface area contributed by atoms with E-state index in [1.165, 1.54) is 29.6 Å². The van der Waals surface area contributed by atoms with Crippen molar-refractivity contribution in [2.24, 2.45) is 0 Å². The fourth-order valence-electron chi connectivity index (χ4n) is 3.54. The van der Waals surface area contributed by atoms with Crippen LogP contribution in [0.3, 0.4) is 0 Å². The molecule has 0 aliphatic carbocycles. The Labute approximate surface area is 189 Å². The minimum Gasteiger partial charge on any atom is -0.496 e. The highest BCUT2D eigenvalue weighted by Crippen LogP contribution is 2.25. The number of sulfonamides is 1. The number of nitrogens with one attached hydrogen (secondary N) is 1. The van der Waals surface area contributed by atoms with Gasteiger partial charge in [0, 0.05) is 19.6 Å². The number of carbonyl (C=O) groups is 1. The fraction of sp³-hybridized carbons (Fsp3) is 0.435. The maximum atomic E-state index is 13.0. The number of hydrogen-bond donors (Lipinski definition) is 1. The lowest BCUT2D eigenvalue weighted by molar-refractivity contribution is 0.0730. The number of methoxy groups -OCH3 is 1. The summed E-state index contributed by atoms with van der Waals surface area (Å²) in [6.45, 7) is 4.26. The van der Waals surface area contributed by atoms with Crippen molar-refractivity contribution in [2.45, 2.75) is 24.7 Å². The van der Waals surface area contributed by atoms with Crippen LogP contribution in [0.1, 0.15) is 29.3 Å². The first kappa shape index (κ1) is 24.0. The number of hydrogen-bond acceptors (Lipinski definition) is 6. The Morgan fingerprint density at radius 2 is 1.88 bits per heavy atom. The largest absolute Gasteiger partial charge is 0.496 e. The number of para-hydroxylation sites is 1. The molecule has 0 radical (unpaired) electrons. The minimum atomic E-state index is -3.71. The average molecular weight is 463 g/mol. The molecule has 9 heteroatoms. The second kappa shape index (κ2) is 11.3. The van der Waals surface area contributed by atoms with Crippen LogP contribution in [0.5, 0.6) is 11.5 Å². The lowest BCUT2D eigenvalue weighted by Crippen LogP contribution is -2.40. The van der Waals surface area contributed by atoms with E-state index in [-0.39, 0.29) is 16.4 Å². The molecule has 1 N–H and O–H groups in total. The Morgan fingerprint density at radius 1 is 1.12 bits per heavy atom. The number of carbonyl (C=O) groups excluding carboxylic acids is 1. The van der Waals surface area contributed by atoms with Gasteiger partial charge in [-0.05, 0) is 49.6 Å². The Morgan fingerprint density at radius 3 is 2.59 bits per heavy atom. The van der Waals surface area contributed by atoms with Crippen molar-refractivity contribution in [2.75, 3.05) is 46.6 Å². The van der Waals surface area contributed by atoms with E-state index in [1.54, 1.807) is 0 Å². The molecule has 1 saturated heterocycles. The first-order valence-corrected chi connectivity index (χ1v) is 12.2. The van der Waals surface area contributed by atoms with Crippen LogP contribution in [-0.4, -0.2) is 65.2 Å². The van der Waals surface area contributed by atoms with E-state index in [1.807, 2.05) is 31.2 Å². The van der Waals surface area contributed by atoms with Gasteiger partial charge in [0.1, 0.15) is 11.5 Å². The normalized spacial score (nSPS) is 14.7. The van der Waals surface area contributed by atoms with Gasteiger partial charge in [-0.3, -0.25) is 4.79 Å². The Hall–Kier alpha value is -2.62. The van der Waals surface area contributed by atoms with Crippen LogP contribution in [0, 0.1) is 0 Å². The standard InChI is InChI=1S/C23H30N2O6S/c1-3-31-21-9-5-4-7-18(21)8-6-12-24-23(26)20-17-19(10-11-22(20)29-2)32(27,28)25-13-15-30-16-14-25/h4-5,7,9-11,17H,3,6,8,12-16H2,1-2H3,(H,24,26). The van der Waals surface area contributed by atoms with Crippen molar-refractivity contribution >= 4 is 15.9 Å². The highest BCUT2D eigenvalue weighted by Gasteiger charge is 2.28. The summed E-state index contributed by atoms with van der Waals surface area (Å²) in [5.74, 6) is 0.799. The van der Waals surface area contributed by atoms with E-state index in [0.717, 1.165) is 17.7 Å². The zero-order chi connectivity index (χ0) is 23.0. The monoisotopic (exact) mass is 462 g/mol. The molecule has 2 aromatic rings. The summed E-state index contributed by atoms with van der Waals surface area (Å²) in [7, 11) is -2.26.